The van der Waals surface area contributed by atoms with Gasteiger partial charge in [-0.2, -0.15) is 4.98 Å². The standard InChI is InChI=1S/C14H10F2N4O2/c1-22-13(21)8-2-3-9(15)11(12(8)16)7-4-5-20-10(6-7)18-14(17)19-20/h2-6H,1H3,(H2,17,19). The minimum atomic E-state index is -0.997. The number of ether oxygens (including phenoxy) is 1. The van der Waals surface area contributed by atoms with Crippen LogP contribution < -0.4 is 5.73 Å². The summed E-state index contributed by atoms with van der Waals surface area (Å²) in [6.07, 6.45) is 1.47. The smallest absolute Gasteiger partial charge is 0.340 e. The Labute approximate surface area is 123 Å². The molecule has 22 heavy (non-hydrogen) atoms. The molecule has 0 bridgehead atoms. The molecular formula is C14H10F2N4O2. The number of nitrogens with zero attached hydrogens (tertiary/aromatic N) is 3. The molecule has 0 fully saturated rings. The lowest BCUT2D eigenvalue weighted by atomic mass is 10.0. The molecule has 2 heterocycles. The molecular weight excluding hydrogens is 294 g/mol. The van der Waals surface area contributed by atoms with Crippen LogP contribution in [0.15, 0.2) is 30.5 Å². The number of fused-ring (bicyclic) bond motifs is 1. The van der Waals surface area contributed by atoms with E-state index in [1.807, 2.05) is 0 Å². The first-order chi connectivity index (χ1) is 10.5. The van der Waals surface area contributed by atoms with Crippen molar-refractivity contribution in [3.63, 3.8) is 0 Å². The fourth-order valence-electron chi connectivity index (χ4n) is 2.14. The Morgan fingerprint density at radius 3 is 2.82 bits per heavy atom. The molecule has 0 aliphatic heterocycles. The minimum absolute atomic E-state index is 0.0430. The molecule has 6 nitrogen and oxygen atoms in total. The first-order valence-electron chi connectivity index (χ1n) is 6.20. The number of methoxy groups -OCH3 is 1. The maximum atomic E-state index is 14.5. The molecule has 2 N–H and O–H groups in total. The molecule has 0 aliphatic rings. The summed E-state index contributed by atoms with van der Waals surface area (Å²) in [7, 11) is 1.12. The molecule has 112 valence electrons. The van der Waals surface area contributed by atoms with Gasteiger partial charge in [-0.05, 0) is 29.8 Å². The largest absolute Gasteiger partial charge is 0.465 e. The third kappa shape index (κ3) is 2.14. The molecule has 0 saturated carbocycles. The van der Waals surface area contributed by atoms with E-state index in [2.05, 4.69) is 14.8 Å². The van der Waals surface area contributed by atoms with E-state index in [-0.39, 0.29) is 22.6 Å². The summed E-state index contributed by atoms with van der Waals surface area (Å²) in [4.78, 5) is 15.4. The van der Waals surface area contributed by atoms with Crippen LogP contribution in [0.3, 0.4) is 0 Å². The Bertz CT molecular complexity index is 892. The van der Waals surface area contributed by atoms with E-state index < -0.39 is 17.6 Å². The summed E-state index contributed by atoms with van der Waals surface area (Å²) in [6.45, 7) is 0. The number of pyridine rings is 1. The van der Waals surface area contributed by atoms with Crippen LogP contribution in [0.4, 0.5) is 14.7 Å². The van der Waals surface area contributed by atoms with Crippen molar-refractivity contribution in [1.29, 1.82) is 0 Å². The Hall–Kier alpha value is -3.03. The molecule has 0 radical (unpaired) electrons. The molecule has 3 rings (SSSR count). The number of halogens is 2. The van der Waals surface area contributed by atoms with Gasteiger partial charge in [0.25, 0.3) is 0 Å². The number of nitrogen functional groups attached to an aromatic ring is 1. The number of hydrogen-bond acceptors (Lipinski definition) is 5. The number of nitrogens with two attached hydrogens (primary N) is 1. The van der Waals surface area contributed by atoms with Crippen LogP contribution in [0, 0.1) is 11.6 Å². The molecule has 0 amide bonds. The van der Waals surface area contributed by atoms with Crippen molar-refractivity contribution in [3.05, 3.63) is 47.7 Å². The molecule has 0 aliphatic carbocycles. The minimum Gasteiger partial charge on any atom is -0.465 e. The van der Waals surface area contributed by atoms with E-state index in [0.717, 1.165) is 19.2 Å². The second-order valence-electron chi connectivity index (χ2n) is 4.46. The van der Waals surface area contributed by atoms with Crippen LogP contribution in [0.25, 0.3) is 16.8 Å². The molecule has 3 aromatic rings. The highest BCUT2D eigenvalue weighted by atomic mass is 19.1. The predicted molar refractivity (Wildman–Crippen MR) is 74.1 cm³/mol. The van der Waals surface area contributed by atoms with Crippen LogP contribution >= 0.6 is 0 Å². The lowest BCUT2D eigenvalue weighted by molar-refractivity contribution is 0.0595. The van der Waals surface area contributed by atoms with E-state index in [0.29, 0.717) is 5.65 Å². The Morgan fingerprint density at radius 2 is 2.09 bits per heavy atom. The molecule has 0 unspecified atom stereocenters. The average Bonchev–Trinajstić information content (AvgIpc) is 2.86. The maximum Gasteiger partial charge on any atom is 0.340 e. The van der Waals surface area contributed by atoms with Gasteiger partial charge in [0.1, 0.15) is 11.6 Å². The lowest BCUT2D eigenvalue weighted by Gasteiger charge is -2.09. The second kappa shape index (κ2) is 5.06. The summed E-state index contributed by atoms with van der Waals surface area (Å²) in [5.74, 6) is -2.64. The van der Waals surface area contributed by atoms with Gasteiger partial charge in [0.05, 0.1) is 18.2 Å². The summed E-state index contributed by atoms with van der Waals surface area (Å²) >= 11 is 0. The zero-order valence-electron chi connectivity index (χ0n) is 11.4. The van der Waals surface area contributed by atoms with Crippen LogP contribution in [0.5, 0.6) is 0 Å². The van der Waals surface area contributed by atoms with Crippen LogP contribution in [-0.4, -0.2) is 27.7 Å². The number of carbonyl (C=O) groups excluding carboxylic acids is 1. The fourth-order valence-corrected chi connectivity index (χ4v) is 2.14. The van der Waals surface area contributed by atoms with E-state index in [9.17, 15) is 13.6 Å². The zero-order valence-corrected chi connectivity index (χ0v) is 11.4. The second-order valence-corrected chi connectivity index (χ2v) is 4.46. The van der Waals surface area contributed by atoms with Gasteiger partial charge in [-0.1, -0.05) is 0 Å². The lowest BCUT2D eigenvalue weighted by Crippen LogP contribution is -2.06. The van der Waals surface area contributed by atoms with Crippen molar-refractivity contribution in [2.75, 3.05) is 12.8 Å². The Morgan fingerprint density at radius 1 is 1.32 bits per heavy atom. The van der Waals surface area contributed by atoms with Crippen LogP contribution in [0.1, 0.15) is 10.4 Å². The highest BCUT2D eigenvalue weighted by Gasteiger charge is 2.20. The Balaban J connectivity index is 2.22. The van der Waals surface area contributed by atoms with Crippen molar-refractivity contribution < 1.29 is 18.3 Å². The summed E-state index contributed by atoms with van der Waals surface area (Å²) in [6, 6.07) is 4.91. The van der Waals surface area contributed by atoms with Crippen molar-refractivity contribution >= 4 is 17.6 Å². The third-order valence-corrected chi connectivity index (χ3v) is 3.14. The highest BCUT2D eigenvalue weighted by molar-refractivity contribution is 5.91. The van der Waals surface area contributed by atoms with Crippen molar-refractivity contribution in [2.45, 2.75) is 0 Å². The SMILES string of the molecule is COC(=O)c1ccc(F)c(-c2ccn3nc(N)nc3c2)c1F. The summed E-state index contributed by atoms with van der Waals surface area (Å²) in [5, 5.41) is 3.87. The van der Waals surface area contributed by atoms with Crippen molar-refractivity contribution in [3.8, 4) is 11.1 Å². The number of rotatable bonds is 2. The van der Waals surface area contributed by atoms with Gasteiger partial charge in [0.15, 0.2) is 5.65 Å². The first kappa shape index (κ1) is 13.9. The van der Waals surface area contributed by atoms with Gasteiger partial charge in [0.2, 0.25) is 5.95 Å². The molecule has 8 heteroatoms. The third-order valence-electron chi connectivity index (χ3n) is 3.14. The molecule has 0 spiro atoms. The van der Waals surface area contributed by atoms with Crippen molar-refractivity contribution in [1.82, 2.24) is 14.6 Å². The summed E-state index contributed by atoms with van der Waals surface area (Å²) in [5.41, 5.74) is 5.32. The van der Waals surface area contributed by atoms with Gasteiger partial charge in [-0.25, -0.2) is 18.1 Å². The first-order valence-corrected chi connectivity index (χ1v) is 6.20. The summed E-state index contributed by atoms with van der Waals surface area (Å²) < 4.78 is 34.3. The normalized spacial score (nSPS) is 10.9. The number of hydrogen-bond donors (Lipinski definition) is 1. The van der Waals surface area contributed by atoms with Gasteiger partial charge in [-0.15, -0.1) is 5.10 Å². The van der Waals surface area contributed by atoms with Gasteiger partial charge in [0, 0.05) is 6.20 Å². The number of carbonyl (C=O) groups is 1. The number of aromatic nitrogens is 3. The average molecular weight is 304 g/mol. The van der Waals surface area contributed by atoms with Crippen LogP contribution in [-0.2, 0) is 4.74 Å². The van der Waals surface area contributed by atoms with Gasteiger partial charge < -0.3 is 10.5 Å². The van der Waals surface area contributed by atoms with E-state index in [1.165, 1.54) is 22.8 Å². The highest BCUT2D eigenvalue weighted by Crippen LogP contribution is 2.29. The number of esters is 1. The van der Waals surface area contributed by atoms with E-state index >= 15 is 0 Å². The van der Waals surface area contributed by atoms with Gasteiger partial charge in [-0.3, -0.25) is 0 Å². The molecule has 0 saturated heterocycles. The molecule has 2 aromatic heterocycles. The predicted octanol–water partition coefficient (Wildman–Crippen LogP) is 2.04. The Kier molecular flexibility index (Phi) is 3.21. The maximum absolute atomic E-state index is 14.5. The number of benzene rings is 1. The zero-order chi connectivity index (χ0) is 15.9. The molecule has 0 atom stereocenters. The molecule has 1 aromatic carbocycles. The fraction of sp³-hybridized carbons (Fsp3) is 0.0714. The monoisotopic (exact) mass is 304 g/mol. The van der Waals surface area contributed by atoms with Crippen molar-refractivity contribution in [2.24, 2.45) is 0 Å². The van der Waals surface area contributed by atoms with E-state index in [4.69, 9.17) is 5.73 Å². The quantitative estimate of drug-likeness (QED) is 0.733. The number of anilines is 1. The topological polar surface area (TPSA) is 82.5 Å². The van der Waals surface area contributed by atoms with Gasteiger partial charge >= 0.3 is 5.97 Å². The van der Waals surface area contributed by atoms with Crippen LogP contribution in [0.2, 0.25) is 0 Å². The van der Waals surface area contributed by atoms with E-state index in [1.54, 1.807) is 0 Å².